The van der Waals surface area contributed by atoms with E-state index in [2.05, 4.69) is 29.6 Å². The fraction of sp³-hybridized carbons (Fsp3) is 0.533. The van der Waals surface area contributed by atoms with Crippen LogP contribution in [0.5, 0.6) is 0 Å². The molecule has 0 heterocycles. The van der Waals surface area contributed by atoms with Crippen molar-refractivity contribution in [2.75, 3.05) is 0 Å². The van der Waals surface area contributed by atoms with Crippen molar-refractivity contribution in [2.24, 2.45) is 5.92 Å². The van der Waals surface area contributed by atoms with Gasteiger partial charge < -0.3 is 10.4 Å². The van der Waals surface area contributed by atoms with E-state index in [0.29, 0.717) is 0 Å². The number of carbonyl (C=O) groups is 1. The Labute approximate surface area is 108 Å². The summed E-state index contributed by atoms with van der Waals surface area (Å²) in [4.78, 5) is 11.2. The molecule has 0 bridgehead atoms. The minimum atomic E-state index is -0.746. The highest BCUT2D eigenvalue weighted by Gasteiger charge is 2.26. The maximum Gasteiger partial charge on any atom is 0.320 e. The zero-order valence-corrected chi connectivity index (χ0v) is 11.0. The summed E-state index contributed by atoms with van der Waals surface area (Å²) >= 11 is 0. The van der Waals surface area contributed by atoms with Crippen molar-refractivity contribution in [2.45, 2.75) is 45.2 Å². The molecule has 1 aliphatic rings. The Bertz CT molecular complexity index is 428. The molecule has 2 atom stereocenters. The van der Waals surface area contributed by atoms with Gasteiger partial charge in [-0.2, -0.15) is 0 Å². The predicted octanol–water partition coefficient (Wildman–Crippen LogP) is 2.24. The first-order chi connectivity index (χ1) is 8.58. The lowest BCUT2D eigenvalue weighted by Gasteiger charge is -2.29. The topological polar surface area (TPSA) is 49.3 Å². The SMILES string of the molecule is CC(C)C(NC1CCc2ccccc2C1)C(=O)O. The molecule has 0 aliphatic heterocycles. The summed E-state index contributed by atoms with van der Waals surface area (Å²) in [5.74, 6) is -0.636. The van der Waals surface area contributed by atoms with Crippen LogP contribution in [0.1, 0.15) is 31.4 Å². The fourth-order valence-electron chi connectivity index (χ4n) is 2.64. The third-order valence-corrected chi connectivity index (χ3v) is 3.69. The molecule has 3 nitrogen and oxygen atoms in total. The van der Waals surface area contributed by atoms with E-state index in [4.69, 9.17) is 0 Å². The third kappa shape index (κ3) is 2.91. The number of nitrogens with one attached hydrogen (secondary N) is 1. The van der Waals surface area contributed by atoms with E-state index in [0.717, 1.165) is 19.3 Å². The zero-order valence-electron chi connectivity index (χ0n) is 11.0. The van der Waals surface area contributed by atoms with Crippen LogP contribution in [0.15, 0.2) is 24.3 Å². The molecule has 18 heavy (non-hydrogen) atoms. The number of aliphatic carboxylic acids is 1. The van der Waals surface area contributed by atoms with E-state index in [9.17, 15) is 9.90 Å². The zero-order chi connectivity index (χ0) is 13.1. The monoisotopic (exact) mass is 247 g/mol. The second-order valence-electron chi connectivity index (χ2n) is 5.44. The Balaban J connectivity index is 2.03. The number of rotatable bonds is 4. The Morgan fingerprint density at radius 2 is 2.00 bits per heavy atom. The smallest absolute Gasteiger partial charge is 0.320 e. The van der Waals surface area contributed by atoms with Crippen molar-refractivity contribution in [3.8, 4) is 0 Å². The highest BCUT2D eigenvalue weighted by atomic mass is 16.4. The summed E-state index contributed by atoms with van der Waals surface area (Å²) in [5.41, 5.74) is 2.76. The number of carboxylic acid groups (broad SMARTS) is 1. The van der Waals surface area contributed by atoms with Crippen molar-refractivity contribution in [1.82, 2.24) is 5.32 Å². The fourth-order valence-corrected chi connectivity index (χ4v) is 2.64. The number of aryl methyl sites for hydroxylation is 1. The van der Waals surface area contributed by atoms with Crippen molar-refractivity contribution >= 4 is 5.97 Å². The first kappa shape index (κ1) is 13.1. The average molecular weight is 247 g/mol. The minimum absolute atomic E-state index is 0.111. The first-order valence-electron chi connectivity index (χ1n) is 6.63. The summed E-state index contributed by atoms with van der Waals surface area (Å²) in [6, 6.07) is 8.28. The first-order valence-corrected chi connectivity index (χ1v) is 6.63. The molecule has 2 N–H and O–H groups in total. The van der Waals surface area contributed by atoms with Gasteiger partial charge in [-0.3, -0.25) is 4.79 Å². The van der Waals surface area contributed by atoms with Crippen molar-refractivity contribution < 1.29 is 9.90 Å². The molecule has 98 valence electrons. The van der Waals surface area contributed by atoms with Gasteiger partial charge in [0, 0.05) is 6.04 Å². The van der Waals surface area contributed by atoms with E-state index < -0.39 is 12.0 Å². The van der Waals surface area contributed by atoms with Crippen LogP contribution in [-0.4, -0.2) is 23.2 Å². The van der Waals surface area contributed by atoms with Gasteiger partial charge in [-0.25, -0.2) is 0 Å². The molecule has 0 radical (unpaired) electrons. The number of carboxylic acids is 1. The van der Waals surface area contributed by atoms with Gasteiger partial charge in [0.05, 0.1) is 0 Å². The van der Waals surface area contributed by atoms with Crippen LogP contribution >= 0.6 is 0 Å². The summed E-state index contributed by atoms with van der Waals surface area (Å²) in [6.45, 7) is 3.89. The summed E-state index contributed by atoms with van der Waals surface area (Å²) in [6.07, 6.45) is 3.00. The number of hydrogen-bond donors (Lipinski definition) is 2. The van der Waals surface area contributed by atoms with Crippen LogP contribution in [0.25, 0.3) is 0 Å². The second-order valence-corrected chi connectivity index (χ2v) is 5.44. The highest BCUT2D eigenvalue weighted by Crippen LogP contribution is 2.21. The lowest BCUT2D eigenvalue weighted by Crippen LogP contribution is -2.48. The van der Waals surface area contributed by atoms with E-state index in [1.165, 1.54) is 11.1 Å². The minimum Gasteiger partial charge on any atom is -0.480 e. The average Bonchev–Trinajstić information content (AvgIpc) is 2.35. The molecular formula is C15H21NO2. The van der Waals surface area contributed by atoms with Crippen LogP contribution < -0.4 is 5.32 Å². The summed E-state index contributed by atoms with van der Waals surface area (Å²) in [7, 11) is 0. The molecule has 1 aliphatic carbocycles. The third-order valence-electron chi connectivity index (χ3n) is 3.69. The van der Waals surface area contributed by atoms with Gasteiger partial charge in [0.1, 0.15) is 6.04 Å². The van der Waals surface area contributed by atoms with Crippen LogP contribution in [0, 0.1) is 5.92 Å². The molecule has 0 fully saturated rings. The molecular weight excluding hydrogens is 226 g/mol. The van der Waals surface area contributed by atoms with Crippen molar-refractivity contribution in [1.29, 1.82) is 0 Å². The lowest BCUT2D eigenvalue weighted by atomic mass is 9.87. The Hall–Kier alpha value is -1.35. The maximum atomic E-state index is 11.2. The van der Waals surface area contributed by atoms with Gasteiger partial charge in [0.25, 0.3) is 0 Å². The van der Waals surface area contributed by atoms with Gasteiger partial charge in [0.2, 0.25) is 0 Å². The number of hydrogen-bond acceptors (Lipinski definition) is 2. The highest BCUT2D eigenvalue weighted by molar-refractivity contribution is 5.73. The molecule has 0 saturated heterocycles. The molecule has 2 unspecified atom stereocenters. The van der Waals surface area contributed by atoms with Gasteiger partial charge in [-0.1, -0.05) is 38.1 Å². The molecule has 0 amide bonds. The number of benzene rings is 1. The Morgan fingerprint density at radius 1 is 1.33 bits per heavy atom. The van der Waals surface area contributed by atoms with Gasteiger partial charge in [0.15, 0.2) is 0 Å². The standard InChI is InChI=1S/C15H21NO2/c1-10(2)14(15(17)18)16-13-8-7-11-5-3-4-6-12(11)9-13/h3-6,10,13-14,16H,7-9H2,1-2H3,(H,17,18). The van der Waals surface area contributed by atoms with E-state index in [-0.39, 0.29) is 12.0 Å². The molecule has 1 aromatic carbocycles. The van der Waals surface area contributed by atoms with E-state index in [1.54, 1.807) is 0 Å². The Kier molecular flexibility index (Phi) is 4.02. The van der Waals surface area contributed by atoms with Crippen molar-refractivity contribution in [3.63, 3.8) is 0 Å². The quantitative estimate of drug-likeness (QED) is 0.858. The molecule has 1 aromatic rings. The van der Waals surface area contributed by atoms with Crippen LogP contribution in [0.4, 0.5) is 0 Å². The summed E-state index contributed by atoms with van der Waals surface area (Å²) in [5, 5.41) is 12.5. The predicted molar refractivity (Wildman–Crippen MR) is 71.7 cm³/mol. The van der Waals surface area contributed by atoms with Crippen LogP contribution in [-0.2, 0) is 17.6 Å². The molecule has 0 saturated carbocycles. The largest absolute Gasteiger partial charge is 0.480 e. The lowest BCUT2D eigenvalue weighted by molar-refractivity contribution is -0.140. The maximum absolute atomic E-state index is 11.2. The molecule has 0 aromatic heterocycles. The number of fused-ring (bicyclic) bond motifs is 1. The van der Waals surface area contributed by atoms with Gasteiger partial charge in [-0.05, 0) is 36.3 Å². The van der Waals surface area contributed by atoms with Crippen LogP contribution in [0.2, 0.25) is 0 Å². The van der Waals surface area contributed by atoms with Gasteiger partial charge in [-0.15, -0.1) is 0 Å². The van der Waals surface area contributed by atoms with Crippen LogP contribution in [0.3, 0.4) is 0 Å². The normalized spacial score (nSPS) is 20.5. The Morgan fingerprint density at radius 3 is 2.61 bits per heavy atom. The van der Waals surface area contributed by atoms with Crippen molar-refractivity contribution in [3.05, 3.63) is 35.4 Å². The second kappa shape index (κ2) is 5.53. The van der Waals surface area contributed by atoms with Gasteiger partial charge >= 0.3 is 5.97 Å². The molecule has 0 spiro atoms. The van der Waals surface area contributed by atoms with E-state index >= 15 is 0 Å². The summed E-state index contributed by atoms with van der Waals surface area (Å²) < 4.78 is 0. The molecule has 3 heteroatoms. The molecule has 2 rings (SSSR count). The van der Waals surface area contributed by atoms with E-state index in [1.807, 2.05) is 13.8 Å².